The van der Waals surface area contributed by atoms with E-state index in [0.29, 0.717) is 23.6 Å². The number of rotatable bonds is 3. The van der Waals surface area contributed by atoms with Crippen molar-refractivity contribution in [3.05, 3.63) is 23.3 Å². The fourth-order valence-corrected chi connectivity index (χ4v) is 6.18. The lowest BCUT2D eigenvalue weighted by atomic mass is 10.1. The van der Waals surface area contributed by atoms with Gasteiger partial charge >= 0.3 is 0 Å². The zero-order valence-corrected chi connectivity index (χ0v) is 15.3. The van der Waals surface area contributed by atoms with E-state index in [9.17, 15) is 16.8 Å². The molecule has 0 radical (unpaired) electrons. The topological polar surface area (TPSA) is 71.5 Å². The molecule has 0 amide bonds. The van der Waals surface area contributed by atoms with Crippen molar-refractivity contribution in [1.82, 2.24) is 4.31 Å². The predicted octanol–water partition coefficient (Wildman–Crippen LogP) is 2.13. The van der Waals surface area contributed by atoms with Gasteiger partial charge in [-0.05, 0) is 56.4 Å². The second-order valence-electron chi connectivity index (χ2n) is 6.28. The van der Waals surface area contributed by atoms with Gasteiger partial charge in [-0.25, -0.2) is 16.8 Å². The van der Waals surface area contributed by atoms with Crippen LogP contribution in [0.15, 0.2) is 21.9 Å². The minimum atomic E-state index is -3.69. The smallest absolute Gasteiger partial charge is 0.224 e. The molecule has 1 fully saturated rings. The number of hydrogen-bond acceptors (Lipinski definition) is 4. The molecule has 1 saturated heterocycles. The molecule has 2 unspecified atom stereocenters. The van der Waals surface area contributed by atoms with E-state index < -0.39 is 19.9 Å². The standard InChI is InChI=1S/C15H23NO4S2/c1-10-8-14(21(5,17)18)12(3)15(9-10)22(19,20)16-7-6-11(2)13(16)4/h8-9,11,13H,6-7H2,1-5H3. The van der Waals surface area contributed by atoms with Crippen molar-refractivity contribution in [2.45, 2.75) is 49.9 Å². The third-order valence-electron chi connectivity index (χ3n) is 4.53. The Morgan fingerprint density at radius 3 is 2.05 bits per heavy atom. The van der Waals surface area contributed by atoms with Gasteiger partial charge in [-0.1, -0.05) is 6.92 Å². The highest BCUT2D eigenvalue weighted by atomic mass is 32.2. The van der Waals surface area contributed by atoms with Crippen LogP contribution in [0.3, 0.4) is 0 Å². The molecule has 1 aliphatic rings. The van der Waals surface area contributed by atoms with E-state index in [1.165, 1.54) is 10.4 Å². The van der Waals surface area contributed by atoms with E-state index in [0.717, 1.165) is 12.7 Å². The second-order valence-corrected chi connectivity index (χ2v) is 10.1. The summed E-state index contributed by atoms with van der Waals surface area (Å²) < 4.78 is 51.3. The van der Waals surface area contributed by atoms with Crippen LogP contribution in [0.2, 0.25) is 0 Å². The zero-order chi connectivity index (χ0) is 16.9. The van der Waals surface area contributed by atoms with Crippen LogP contribution in [-0.4, -0.2) is 40.0 Å². The van der Waals surface area contributed by atoms with Crippen LogP contribution >= 0.6 is 0 Å². The summed E-state index contributed by atoms with van der Waals surface area (Å²) in [5, 5.41) is 0. The Bertz CT molecular complexity index is 797. The Balaban J connectivity index is 2.65. The molecule has 2 atom stereocenters. The van der Waals surface area contributed by atoms with Crippen LogP contribution in [0.4, 0.5) is 0 Å². The third-order valence-corrected chi connectivity index (χ3v) is 7.86. The molecule has 1 heterocycles. The molecule has 7 heteroatoms. The summed E-state index contributed by atoms with van der Waals surface area (Å²) in [7, 11) is -7.16. The van der Waals surface area contributed by atoms with Crippen molar-refractivity contribution in [3.8, 4) is 0 Å². The molecule has 124 valence electrons. The average Bonchev–Trinajstić information content (AvgIpc) is 2.71. The fourth-order valence-electron chi connectivity index (χ4n) is 2.97. The van der Waals surface area contributed by atoms with Gasteiger partial charge in [-0.15, -0.1) is 0 Å². The monoisotopic (exact) mass is 345 g/mol. The van der Waals surface area contributed by atoms with Gasteiger partial charge in [-0.2, -0.15) is 4.31 Å². The van der Waals surface area contributed by atoms with Crippen LogP contribution in [0.25, 0.3) is 0 Å². The predicted molar refractivity (Wildman–Crippen MR) is 86.2 cm³/mol. The highest BCUT2D eigenvalue weighted by molar-refractivity contribution is 7.91. The lowest BCUT2D eigenvalue weighted by Gasteiger charge is -2.24. The number of sulfonamides is 1. The number of aryl methyl sites for hydroxylation is 1. The normalized spacial score (nSPS) is 23.9. The molecule has 0 spiro atoms. The SMILES string of the molecule is Cc1cc(S(C)(=O)=O)c(C)c(S(=O)(=O)N2CCC(C)C2C)c1. The van der Waals surface area contributed by atoms with Gasteiger partial charge in [0.2, 0.25) is 10.0 Å². The second kappa shape index (κ2) is 5.62. The van der Waals surface area contributed by atoms with Crippen molar-refractivity contribution in [3.63, 3.8) is 0 Å². The largest absolute Gasteiger partial charge is 0.243 e. The Hall–Kier alpha value is -0.920. The molecule has 22 heavy (non-hydrogen) atoms. The van der Waals surface area contributed by atoms with Crippen molar-refractivity contribution in [2.24, 2.45) is 5.92 Å². The van der Waals surface area contributed by atoms with E-state index in [-0.39, 0.29) is 15.8 Å². The first-order valence-corrected chi connectivity index (χ1v) is 10.6. The van der Waals surface area contributed by atoms with Gasteiger partial charge in [0.1, 0.15) is 0 Å². The number of sulfone groups is 1. The Morgan fingerprint density at radius 2 is 1.59 bits per heavy atom. The summed E-state index contributed by atoms with van der Waals surface area (Å²) in [5.41, 5.74) is 0.935. The fraction of sp³-hybridized carbons (Fsp3) is 0.600. The minimum Gasteiger partial charge on any atom is -0.224 e. The van der Waals surface area contributed by atoms with Crippen LogP contribution < -0.4 is 0 Å². The molecule has 0 saturated carbocycles. The first-order valence-electron chi connectivity index (χ1n) is 7.29. The van der Waals surface area contributed by atoms with E-state index in [4.69, 9.17) is 0 Å². The molecule has 0 bridgehead atoms. The van der Waals surface area contributed by atoms with Crippen LogP contribution in [-0.2, 0) is 19.9 Å². The highest BCUT2D eigenvalue weighted by Gasteiger charge is 2.38. The molecular formula is C15H23NO4S2. The van der Waals surface area contributed by atoms with Crippen molar-refractivity contribution < 1.29 is 16.8 Å². The molecule has 2 rings (SSSR count). The number of hydrogen-bond donors (Lipinski definition) is 0. The molecule has 0 N–H and O–H groups in total. The average molecular weight is 345 g/mol. The molecule has 1 aliphatic heterocycles. The molecule has 0 aliphatic carbocycles. The number of benzene rings is 1. The summed E-state index contributed by atoms with van der Waals surface area (Å²) in [6.07, 6.45) is 1.93. The van der Waals surface area contributed by atoms with Crippen molar-refractivity contribution in [2.75, 3.05) is 12.8 Å². The van der Waals surface area contributed by atoms with E-state index in [2.05, 4.69) is 0 Å². The molecule has 5 nitrogen and oxygen atoms in total. The van der Waals surface area contributed by atoms with Gasteiger partial charge in [-0.3, -0.25) is 0 Å². The molecule has 1 aromatic rings. The van der Waals surface area contributed by atoms with Crippen LogP contribution in [0.5, 0.6) is 0 Å². The Labute approximate surface area is 133 Å². The molecule has 1 aromatic carbocycles. The minimum absolute atomic E-state index is 0.0772. The Kier molecular flexibility index (Phi) is 4.45. The van der Waals surface area contributed by atoms with E-state index in [1.54, 1.807) is 19.9 Å². The van der Waals surface area contributed by atoms with Gasteiger partial charge in [0.15, 0.2) is 9.84 Å². The van der Waals surface area contributed by atoms with Crippen molar-refractivity contribution >= 4 is 19.9 Å². The maximum Gasteiger partial charge on any atom is 0.243 e. The summed E-state index contributed by atoms with van der Waals surface area (Å²) in [6.45, 7) is 7.69. The lowest BCUT2D eigenvalue weighted by molar-refractivity contribution is 0.371. The zero-order valence-electron chi connectivity index (χ0n) is 13.6. The maximum atomic E-state index is 13.0. The van der Waals surface area contributed by atoms with Gasteiger partial charge in [0.25, 0.3) is 0 Å². The summed E-state index contributed by atoms with van der Waals surface area (Å²) in [4.78, 5) is 0.194. The summed E-state index contributed by atoms with van der Waals surface area (Å²) >= 11 is 0. The first kappa shape index (κ1) is 17.4. The lowest BCUT2D eigenvalue weighted by Crippen LogP contribution is -2.36. The first-order chi connectivity index (χ1) is 9.96. The maximum absolute atomic E-state index is 13.0. The quantitative estimate of drug-likeness (QED) is 0.841. The highest BCUT2D eigenvalue weighted by Crippen LogP contribution is 2.33. The van der Waals surface area contributed by atoms with Gasteiger partial charge < -0.3 is 0 Å². The van der Waals surface area contributed by atoms with E-state index >= 15 is 0 Å². The van der Waals surface area contributed by atoms with Gasteiger partial charge in [0.05, 0.1) is 9.79 Å². The van der Waals surface area contributed by atoms with Crippen LogP contribution in [0.1, 0.15) is 31.4 Å². The van der Waals surface area contributed by atoms with Crippen molar-refractivity contribution in [1.29, 1.82) is 0 Å². The summed E-state index contributed by atoms with van der Waals surface area (Å²) in [5.74, 6) is 0.300. The number of nitrogens with zero attached hydrogens (tertiary/aromatic N) is 1. The summed E-state index contributed by atoms with van der Waals surface area (Å²) in [6, 6.07) is 3.01. The van der Waals surface area contributed by atoms with E-state index in [1.807, 2.05) is 13.8 Å². The van der Waals surface area contributed by atoms with Gasteiger partial charge in [0, 0.05) is 18.8 Å². The van der Waals surface area contributed by atoms with Crippen LogP contribution in [0, 0.1) is 19.8 Å². The molecular weight excluding hydrogens is 322 g/mol. The molecule has 0 aromatic heterocycles. The Morgan fingerprint density at radius 1 is 1.05 bits per heavy atom. The third kappa shape index (κ3) is 2.94.